The van der Waals surface area contributed by atoms with E-state index < -0.39 is 12.6 Å². The molecule has 4 nitrogen and oxygen atoms in total. The molecule has 0 fully saturated rings. The van der Waals surface area contributed by atoms with Gasteiger partial charge in [-0.05, 0) is 20.0 Å². The van der Waals surface area contributed by atoms with Gasteiger partial charge in [0.2, 0.25) is 0 Å². The monoisotopic (exact) mass is 410 g/mol. The van der Waals surface area contributed by atoms with Crippen LogP contribution in [0.5, 0.6) is 0 Å². The highest BCUT2D eigenvalue weighted by Crippen LogP contribution is 2.18. The fraction of sp³-hybridized carbons (Fsp3) is 0.917. The van der Waals surface area contributed by atoms with Crippen molar-refractivity contribution in [1.82, 2.24) is 15.5 Å². The van der Waals surface area contributed by atoms with Gasteiger partial charge in [-0.1, -0.05) is 13.8 Å². The Morgan fingerprint density at radius 3 is 2.15 bits per heavy atom. The first-order chi connectivity index (χ1) is 8.92. The molecule has 122 valence electrons. The summed E-state index contributed by atoms with van der Waals surface area (Å²) in [6.45, 7) is 9.84. The van der Waals surface area contributed by atoms with Crippen LogP contribution in [0.3, 0.4) is 0 Å². The summed E-state index contributed by atoms with van der Waals surface area (Å²) in [6, 6.07) is 0. The highest BCUT2D eigenvalue weighted by atomic mass is 127. The first-order valence-electron chi connectivity index (χ1n) is 6.74. The number of guanidine groups is 1. The SMILES string of the molecule is CCNC(=NCCC(F)(F)F)NCCN(CC)CC.I. The molecular formula is C12H26F3IN4. The number of hydrogen-bond acceptors (Lipinski definition) is 2. The minimum Gasteiger partial charge on any atom is -0.357 e. The lowest BCUT2D eigenvalue weighted by Crippen LogP contribution is -2.41. The molecule has 0 bridgehead atoms. The zero-order valence-corrected chi connectivity index (χ0v) is 14.7. The van der Waals surface area contributed by atoms with Gasteiger partial charge in [0.25, 0.3) is 0 Å². The molecule has 0 amide bonds. The van der Waals surface area contributed by atoms with Gasteiger partial charge >= 0.3 is 6.18 Å². The van der Waals surface area contributed by atoms with Gasteiger partial charge in [0, 0.05) is 19.6 Å². The zero-order valence-electron chi connectivity index (χ0n) is 12.4. The minimum absolute atomic E-state index is 0. The predicted octanol–water partition coefficient (Wildman–Crippen LogP) is 2.45. The molecule has 0 aromatic rings. The maximum absolute atomic E-state index is 12.0. The van der Waals surface area contributed by atoms with Crippen molar-refractivity contribution in [2.24, 2.45) is 4.99 Å². The average Bonchev–Trinajstić information content (AvgIpc) is 2.33. The first-order valence-corrected chi connectivity index (χ1v) is 6.74. The Morgan fingerprint density at radius 2 is 1.70 bits per heavy atom. The van der Waals surface area contributed by atoms with E-state index in [-0.39, 0.29) is 30.5 Å². The van der Waals surface area contributed by atoms with Crippen LogP contribution in [0.4, 0.5) is 13.2 Å². The van der Waals surface area contributed by atoms with Crippen LogP contribution in [0.15, 0.2) is 4.99 Å². The fourth-order valence-electron chi connectivity index (χ4n) is 1.51. The van der Waals surface area contributed by atoms with E-state index in [1.165, 1.54) is 0 Å². The van der Waals surface area contributed by atoms with E-state index in [1.54, 1.807) is 0 Å². The van der Waals surface area contributed by atoms with Crippen molar-refractivity contribution in [3.8, 4) is 0 Å². The maximum Gasteiger partial charge on any atom is 0.390 e. The van der Waals surface area contributed by atoms with Crippen LogP contribution < -0.4 is 10.6 Å². The number of aliphatic imine (C=N–C) groups is 1. The van der Waals surface area contributed by atoms with Gasteiger partial charge in [-0.2, -0.15) is 13.2 Å². The number of likely N-dealkylation sites (N-methyl/N-ethyl adjacent to an activating group) is 1. The van der Waals surface area contributed by atoms with E-state index in [4.69, 9.17) is 0 Å². The Labute approximate surface area is 136 Å². The third kappa shape index (κ3) is 12.8. The van der Waals surface area contributed by atoms with Crippen molar-refractivity contribution in [2.45, 2.75) is 33.4 Å². The van der Waals surface area contributed by atoms with Crippen LogP contribution in [0.1, 0.15) is 27.2 Å². The molecule has 0 heterocycles. The van der Waals surface area contributed by atoms with Crippen LogP contribution in [0.25, 0.3) is 0 Å². The first kappa shape index (κ1) is 22.0. The summed E-state index contributed by atoms with van der Waals surface area (Å²) in [5.74, 6) is 0.443. The molecule has 0 aromatic carbocycles. The Bertz CT molecular complexity index is 256. The van der Waals surface area contributed by atoms with E-state index in [2.05, 4.69) is 34.4 Å². The lowest BCUT2D eigenvalue weighted by Gasteiger charge is -2.19. The molecule has 8 heteroatoms. The Hall–Kier alpha value is -0.250. The predicted molar refractivity (Wildman–Crippen MR) is 87.9 cm³/mol. The molecule has 0 saturated heterocycles. The van der Waals surface area contributed by atoms with E-state index in [0.29, 0.717) is 19.0 Å². The molecule has 0 saturated carbocycles. The summed E-state index contributed by atoms with van der Waals surface area (Å²) in [5, 5.41) is 5.97. The number of nitrogens with one attached hydrogen (secondary N) is 2. The molecule has 0 spiro atoms. The van der Waals surface area contributed by atoms with Crippen LogP contribution >= 0.6 is 24.0 Å². The van der Waals surface area contributed by atoms with Crippen LogP contribution in [-0.4, -0.2) is 56.3 Å². The molecule has 20 heavy (non-hydrogen) atoms. The topological polar surface area (TPSA) is 39.7 Å². The lowest BCUT2D eigenvalue weighted by molar-refractivity contribution is -0.132. The van der Waals surface area contributed by atoms with Crippen molar-refractivity contribution >= 4 is 29.9 Å². The number of alkyl halides is 3. The third-order valence-corrected chi connectivity index (χ3v) is 2.62. The van der Waals surface area contributed by atoms with E-state index in [9.17, 15) is 13.2 Å². The number of halogens is 4. The molecule has 0 aliphatic rings. The standard InChI is InChI=1S/C12H25F3N4.HI/c1-4-16-11(17-8-7-12(13,14)15)18-9-10-19(5-2)6-3;/h4-10H2,1-3H3,(H2,16,17,18);1H. The minimum atomic E-state index is -4.15. The summed E-state index contributed by atoms with van der Waals surface area (Å²) in [7, 11) is 0. The van der Waals surface area contributed by atoms with Gasteiger partial charge in [-0.25, -0.2) is 0 Å². The largest absolute Gasteiger partial charge is 0.390 e. The Morgan fingerprint density at radius 1 is 1.10 bits per heavy atom. The number of nitrogens with zero attached hydrogens (tertiary/aromatic N) is 2. The number of rotatable bonds is 8. The van der Waals surface area contributed by atoms with Crippen LogP contribution in [-0.2, 0) is 0 Å². The normalized spacial score (nSPS) is 12.2. The number of hydrogen-bond donors (Lipinski definition) is 2. The highest BCUT2D eigenvalue weighted by Gasteiger charge is 2.26. The molecule has 0 aromatic heterocycles. The van der Waals surface area contributed by atoms with Gasteiger partial charge in [0.15, 0.2) is 5.96 Å². The quantitative estimate of drug-likeness (QED) is 0.367. The van der Waals surface area contributed by atoms with Crippen molar-refractivity contribution in [3.63, 3.8) is 0 Å². The van der Waals surface area contributed by atoms with Crippen molar-refractivity contribution in [1.29, 1.82) is 0 Å². The highest BCUT2D eigenvalue weighted by molar-refractivity contribution is 14.0. The van der Waals surface area contributed by atoms with E-state index >= 15 is 0 Å². The van der Waals surface area contributed by atoms with Gasteiger partial charge in [0.05, 0.1) is 13.0 Å². The molecule has 0 aliphatic carbocycles. The molecule has 2 N–H and O–H groups in total. The van der Waals surface area contributed by atoms with Crippen molar-refractivity contribution in [2.75, 3.05) is 39.3 Å². The zero-order chi connectivity index (χ0) is 14.7. The van der Waals surface area contributed by atoms with Crippen molar-refractivity contribution in [3.05, 3.63) is 0 Å². The molecular weight excluding hydrogens is 384 g/mol. The summed E-state index contributed by atoms with van der Waals surface area (Å²) < 4.78 is 36.1. The molecule has 0 radical (unpaired) electrons. The second-order valence-corrected chi connectivity index (χ2v) is 4.08. The average molecular weight is 410 g/mol. The van der Waals surface area contributed by atoms with Crippen LogP contribution in [0, 0.1) is 0 Å². The lowest BCUT2D eigenvalue weighted by atomic mass is 10.4. The van der Waals surface area contributed by atoms with Crippen LogP contribution in [0.2, 0.25) is 0 Å². The van der Waals surface area contributed by atoms with E-state index in [1.807, 2.05) is 6.92 Å². The Kier molecular flexibility index (Phi) is 13.8. The van der Waals surface area contributed by atoms with Gasteiger partial charge in [0.1, 0.15) is 0 Å². The second kappa shape index (κ2) is 12.5. The molecule has 0 aliphatic heterocycles. The second-order valence-electron chi connectivity index (χ2n) is 4.08. The van der Waals surface area contributed by atoms with Gasteiger partial charge < -0.3 is 15.5 Å². The van der Waals surface area contributed by atoms with E-state index in [0.717, 1.165) is 19.6 Å². The molecule has 0 unspecified atom stereocenters. The summed E-state index contributed by atoms with van der Waals surface area (Å²) in [6.07, 6.45) is -5.04. The maximum atomic E-state index is 12.0. The van der Waals surface area contributed by atoms with Gasteiger partial charge in [-0.3, -0.25) is 4.99 Å². The fourth-order valence-corrected chi connectivity index (χ4v) is 1.51. The Balaban J connectivity index is 0. The third-order valence-electron chi connectivity index (χ3n) is 2.62. The molecule has 0 rings (SSSR count). The molecule has 0 atom stereocenters. The smallest absolute Gasteiger partial charge is 0.357 e. The van der Waals surface area contributed by atoms with Crippen molar-refractivity contribution < 1.29 is 13.2 Å². The summed E-state index contributed by atoms with van der Waals surface area (Å²) in [4.78, 5) is 6.13. The van der Waals surface area contributed by atoms with Gasteiger partial charge in [-0.15, -0.1) is 24.0 Å². The summed E-state index contributed by atoms with van der Waals surface area (Å²) in [5.41, 5.74) is 0. The summed E-state index contributed by atoms with van der Waals surface area (Å²) >= 11 is 0.